The Kier molecular flexibility index (Phi) is 7.28. The molecule has 0 aliphatic rings. The topological polar surface area (TPSA) is 120 Å². The summed E-state index contributed by atoms with van der Waals surface area (Å²) in [6.45, 7) is 0. The van der Waals surface area contributed by atoms with Crippen molar-refractivity contribution in [3.8, 4) is 33.9 Å². The van der Waals surface area contributed by atoms with Crippen LogP contribution in [0.2, 0.25) is 10.0 Å². The number of rotatable bonds is 6. The number of benzene rings is 4. The molecule has 0 radical (unpaired) electrons. The second-order valence-electron chi connectivity index (χ2n) is 9.56. The molecule has 0 unspecified atom stereocenters. The molecule has 10 heteroatoms. The number of amides is 2. The molecule has 2 heterocycles. The Morgan fingerprint density at radius 1 is 0.548 bits per heavy atom. The van der Waals surface area contributed by atoms with Crippen LogP contribution in [0.15, 0.2) is 109 Å². The van der Waals surface area contributed by atoms with Gasteiger partial charge in [0.1, 0.15) is 0 Å². The number of nitrogens with zero attached hydrogens (tertiary/aromatic N) is 2. The monoisotopic (exact) mass is 594 g/mol. The van der Waals surface area contributed by atoms with Gasteiger partial charge in [0.15, 0.2) is 0 Å². The van der Waals surface area contributed by atoms with Gasteiger partial charge in [-0.25, -0.2) is 11.7 Å². The molecule has 4 aromatic carbocycles. The van der Waals surface area contributed by atoms with Gasteiger partial charge < -0.3 is 9.13 Å². The Morgan fingerprint density at radius 3 is 1.26 bits per heavy atom. The number of hydrogen-bond donors (Lipinski definition) is 4. The Balaban J connectivity index is 1.64. The van der Waals surface area contributed by atoms with Crippen molar-refractivity contribution in [2.24, 2.45) is 11.7 Å². The molecule has 0 atom stereocenters. The van der Waals surface area contributed by atoms with Gasteiger partial charge in [-0.15, -0.1) is 0 Å². The average Bonchev–Trinajstić information content (AvgIpc) is 3.57. The van der Waals surface area contributed by atoms with Crippen LogP contribution in [0.4, 0.5) is 0 Å². The van der Waals surface area contributed by atoms with Gasteiger partial charge in [0.05, 0.1) is 22.4 Å². The van der Waals surface area contributed by atoms with Gasteiger partial charge in [0, 0.05) is 32.5 Å². The number of halogens is 2. The van der Waals surface area contributed by atoms with E-state index in [-0.39, 0.29) is 11.8 Å². The highest BCUT2D eigenvalue weighted by Gasteiger charge is 2.21. The van der Waals surface area contributed by atoms with Crippen LogP contribution in [-0.4, -0.2) is 20.9 Å². The van der Waals surface area contributed by atoms with E-state index < -0.39 is 0 Å². The SMILES string of the molecule is NNC(=O)c1ccc(-c2cc3c(cc(-c4ccc(C(=O)NN)cc4)n3-c3cccc(Cl)c3)n2-c2cccc(Cl)c2)cc1. The molecule has 0 bridgehead atoms. The normalized spacial score (nSPS) is 11.0. The Bertz CT molecular complexity index is 1820. The van der Waals surface area contributed by atoms with Crippen molar-refractivity contribution in [3.63, 3.8) is 0 Å². The van der Waals surface area contributed by atoms with Crippen molar-refractivity contribution in [3.05, 3.63) is 130 Å². The third kappa shape index (κ3) is 4.93. The van der Waals surface area contributed by atoms with Gasteiger partial charge in [0.2, 0.25) is 0 Å². The molecule has 0 fully saturated rings. The molecule has 6 aromatic rings. The highest BCUT2D eigenvalue weighted by atomic mass is 35.5. The number of nitrogens with two attached hydrogens (primary N) is 2. The maximum atomic E-state index is 12.1. The molecule has 42 heavy (non-hydrogen) atoms. The molecule has 8 nitrogen and oxygen atoms in total. The van der Waals surface area contributed by atoms with Crippen LogP contribution < -0.4 is 22.5 Å². The van der Waals surface area contributed by atoms with E-state index >= 15 is 0 Å². The van der Waals surface area contributed by atoms with Crippen LogP contribution in [0.5, 0.6) is 0 Å². The fourth-order valence-electron chi connectivity index (χ4n) is 5.12. The predicted molar refractivity (Wildman–Crippen MR) is 167 cm³/mol. The fourth-order valence-corrected chi connectivity index (χ4v) is 5.49. The summed E-state index contributed by atoms with van der Waals surface area (Å²) < 4.78 is 4.25. The number of carbonyl (C=O) groups excluding carboxylic acids is 2. The lowest BCUT2D eigenvalue weighted by molar-refractivity contribution is 0.0945. The van der Waals surface area contributed by atoms with Gasteiger partial charge in [0.25, 0.3) is 11.8 Å². The van der Waals surface area contributed by atoms with Crippen LogP contribution in [0.1, 0.15) is 20.7 Å². The third-order valence-electron chi connectivity index (χ3n) is 7.05. The minimum Gasteiger partial charge on any atom is -0.308 e. The van der Waals surface area contributed by atoms with Crippen LogP contribution in [0.25, 0.3) is 44.9 Å². The standard InChI is InChI=1S/C32H24Cl2N6O2/c33-23-3-1-5-25(15-23)39-27(19-7-11-21(12-8-19)31(41)37-35)17-30-29(39)18-28(40(30)26-6-2-4-24(34)16-26)20-9-13-22(14-10-20)32(42)38-36/h1-18H,35-36H2,(H,37,41)(H,38,42). The van der Waals surface area contributed by atoms with E-state index in [1.54, 1.807) is 24.3 Å². The second-order valence-corrected chi connectivity index (χ2v) is 10.4. The lowest BCUT2D eigenvalue weighted by Crippen LogP contribution is -2.29. The van der Waals surface area contributed by atoms with Crippen molar-refractivity contribution in [2.45, 2.75) is 0 Å². The minimum absolute atomic E-state index is 0.371. The molecule has 0 aliphatic heterocycles. The first-order chi connectivity index (χ1) is 20.4. The summed E-state index contributed by atoms with van der Waals surface area (Å²) >= 11 is 12.9. The van der Waals surface area contributed by atoms with Crippen molar-refractivity contribution in [2.75, 3.05) is 0 Å². The van der Waals surface area contributed by atoms with E-state index in [9.17, 15) is 9.59 Å². The van der Waals surface area contributed by atoms with Gasteiger partial charge >= 0.3 is 0 Å². The maximum absolute atomic E-state index is 12.1. The quantitative estimate of drug-likeness (QED) is 0.103. The van der Waals surface area contributed by atoms with Gasteiger partial charge in [-0.05, 0) is 83.9 Å². The first kappa shape index (κ1) is 27.3. The highest BCUT2D eigenvalue weighted by molar-refractivity contribution is 6.31. The van der Waals surface area contributed by atoms with Crippen molar-refractivity contribution >= 4 is 46.0 Å². The zero-order chi connectivity index (χ0) is 29.4. The summed E-state index contributed by atoms with van der Waals surface area (Å²) in [6.07, 6.45) is 0. The Morgan fingerprint density at radius 2 is 0.929 bits per heavy atom. The number of aromatic nitrogens is 2. The molecule has 0 saturated carbocycles. The first-order valence-corrected chi connectivity index (χ1v) is 13.7. The van der Waals surface area contributed by atoms with Gasteiger partial charge in [-0.2, -0.15) is 0 Å². The van der Waals surface area contributed by atoms with Crippen molar-refractivity contribution in [1.29, 1.82) is 0 Å². The van der Waals surface area contributed by atoms with E-state index in [1.807, 2.05) is 72.8 Å². The van der Waals surface area contributed by atoms with Crippen LogP contribution in [0, 0.1) is 0 Å². The lowest BCUT2D eigenvalue weighted by atomic mass is 10.1. The van der Waals surface area contributed by atoms with Crippen LogP contribution in [-0.2, 0) is 0 Å². The molecule has 0 saturated heterocycles. The molecule has 6 N–H and O–H groups in total. The number of carbonyl (C=O) groups is 2. The number of nitrogen functional groups attached to an aromatic ring is 2. The smallest absolute Gasteiger partial charge is 0.265 e. The largest absolute Gasteiger partial charge is 0.308 e. The summed E-state index contributed by atoms with van der Waals surface area (Å²) in [4.78, 5) is 24.1. The molecule has 208 valence electrons. The van der Waals surface area contributed by atoms with Crippen molar-refractivity contribution in [1.82, 2.24) is 20.0 Å². The number of hydrogen-bond acceptors (Lipinski definition) is 4. The summed E-state index contributed by atoms with van der Waals surface area (Å²) in [7, 11) is 0. The molecular weight excluding hydrogens is 571 g/mol. The number of nitrogens with one attached hydrogen (secondary N) is 2. The maximum Gasteiger partial charge on any atom is 0.265 e. The summed E-state index contributed by atoms with van der Waals surface area (Å²) in [6, 6.07) is 33.9. The van der Waals surface area contributed by atoms with E-state index in [1.165, 1.54) is 0 Å². The first-order valence-electron chi connectivity index (χ1n) is 12.9. The minimum atomic E-state index is -0.371. The summed E-state index contributed by atoms with van der Waals surface area (Å²) in [5.41, 5.74) is 12.3. The zero-order valence-electron chi connectivity index (χ0n) is 22.0. The number of hydrazine groups is 2. The van der Waals surface area contributed by atoms with Crippen molar-refractivity contribution < 1.29 is 9.59 Å². The zero-order valence-corrected chi connectivity index (χ0v) is 23.5. The van der Waals surface area contributed by atoms with Crippen LogP contribution in [0.3, 0.4) is 0 Å². The summed E-state index contributed by atoms with van der Waals surface area (Å²) in [5.74, 6) is 9.91. The molecular formula is C32H24Cl2N6O2. The summed E-state index contributed by atoms with van der Waals surface area (Å²) in [5, 5.41) is 1.19. The lowest BCUT2D eigenvalue weighted by Gasteiger charge is -2.13. The average molecular weight is 595 g/mol. The van der Waals surface area contributed by atoms with E-state index in [4.69, 9.17) is 34.9 Å². The molecule has 0 aliphatic carbocycles. The predicted octanol–water partition coefficient (Wildman–Crippen LogP) is 6.27. The number of fused-ring (bicyclic) bond motifs is 1. The van der Waals surface area contributed by atoms with E-state index in [0.29, 0.717) is 21.2 Å². The molecule has 2 amide bonds. The highest BCUT2D eigenvalue weighted by Crippen LogP contribution is 2.39. The van der Waals surface area contributed by atoms with Gasteiger partial charge in [-0.1, -0.05) is 59.6 Å². The van der Waals surface area contributed by atoms with Crippen LogP contribution >= 0.6 is 23.2 Å². The fraction of sp³-hybridized carbons (Fsp3) is 0. The molecule has 6 rings (SSSR count). The molecule has 2 aromatic heterocycles. The van der Waals surface area contributed by atoms with E-state index in [2.05, 4.69) is 32.1 Å². The molecule has 0 spiro atoms. The van der Waals surface area contributed by atoms with Gasteiger partial charge in [-0.3, -0.25) is 20.4 Å². The Labute approximate surface area is 251 Å². The second kappa shape index (κ2) is 11.2. The third-order valence-corrected chi connectivity index (χ3v) is 7.52. The Hall–Kier alpha value is -4.86. The van der Waals surface area contributed by atoms with E-state index in [0.717, 1.165) is 44.9 Å².